The Hall–Kier alpha value is -4.00. The van der Waals surface area contributed by atoms with Crippen LogP contribution in [0.2, 0.25) is 0 Å². The zero-order valence-electron chi connectivity index (χ0n) is 15.4. The highest BCUT2D eigenvalue weighted by Crippen LogP contribution is 2.23. The van der Waals surface area contributed by atoms with Gasteiger partial charge in [0.05, 0.1) is 0 Å². The van der Waals surface area contributed by atoms with E-state index in [1.807, 2.05) is 31.2 Å². The van der Waals surface area contributed by atoms with Gasteiger partial charge in [-0.05, 0) is 73.2 Å². The first-order valence-electron chi connectivity index (χ1n) is 8.82. The summed E-state index contributed by atoms with van der Waals surface area (Å²) < 4.78 is 24.2. The van der Waals surface area contributed by atoms with Crippen LogP contribution in [0, 0.1) is 12.7 Å². The molecule has 0 aliphatic carbocycles. The second kappa shape index (κ2) is 7.93. The summed E-state index contributed by atoms with van der Waals surface area (Å²) in [6.07, 6.45) is 0. The summed E-state index contributed by atoms with van der Waals surface area (Å²) in [5.41, 5.74) is 2.05. The first-order chi connectivity index (χ1) is 14.1. The number of anilines is 1. The van der Waals surface area contributed by atoms with Gasteiger partial charge < -0.3 is 9.15 Å². The van der Waals surface area contributed by atoms with E-state index in [1.165, 1.54) is 24.3 Å². The van der Waals surface area contributed by atoms with E-state index in [2.05, 4.69) is 15.5 Å². The monoisotopic (exact) mass is 389 g/mol. The Morgan fingerprint density at radius 3 is 2.45 bits per heavy atom. The molecule has 4 aromatic rings. The van der Waals surface area contributed by atoms with E-state index >= 15 is 0 Å². The van der Waals surface area contributed by atoms with Gasteiger partial charge in [-0.1, -0.05) is 17.2 Å². The van der Waals surface area contributed by atoms with Gasteiger partial charge in [0, 0.05) is 11.1 Å². The van der Waals surface area contributed by atoms with Crippen molar-refractivity contribution in [1.82, 2.24) is 10.2 Å². The molecule has 1 amide bonds. The summed E-state index contributed by atoms with van der Waals surface area (Å²) in [4.78, 5) is 12.4. The number of aryl methyl sites for hydroxylation is 1. The summed E-state index contributed by atoms with van der Waals surface area (Å²) in [5.74, 6) is 0.755. The normalized spacial score (nSPS) is 10.6. The van der Waals surface area contributed by atoms with Gasteiger partial charge in [-0.25, -0.2) is 4.39 Å². The van der Waals surface area contributed by atoms with Crippen LogP contribution in [0.25, 0.3) is 11.5 Å². The van der Waals surface area contributed by atoms with E-state index in [0.717, 1.165) is 11.3 Å². The highest BCUT2D eigenvalue weighted by Gasteiger charge is 2.13. The Bertz CT molecular complexity index is 1140. The molecule has 7 heteroatoms. The van der Waals surface area contributed by atoms with Crippen LogP contribution in [-0.2, 0) is 0 Å². The summed E-state index contributed by atoms with van der Waals surface area (Å²) in [5, 5.41) is 10.2. The van der Waals surface area contributed by atoms with Crippen molar-refractivity contribution in [2.45, 2.75) is 6.92 Å². The van der Waals surface area contributed by atoms with Crippen LogP contribution in [0.1, 0.15) is 15.9 Å². The molecule has 6 nitrogen and oxygen atoms in total. The van der Waals surface area contributed by atoms with E-state index in [9.17, 15) is 9.18 Å². The maximum absolute atomic E-state index is 13.0. The number of carbonyl (C=O) groups excluding carboxylic acids is 1. The standard InChI is InChI=1S/C22H16FN3O3/c1-14-3-2-4-19(13-14)28-18-11-7-15(8-12-18)20(27)24-22-26-25-21(29-22)16-5-9-17(23)10-6-16/h2-13H,1H3,(H,24,26,27). The van der Waals surface area contributed by atoms with Gasteiger partial charge in [0.15, 0.2) is 0 Å². The number of carbonyl (C=O) groups is 1. The van der Waals surface area contributed by atoms with Crippen LogP contribution in [-0.4, -0.2) is 16.1 Å². The number of hydrogen-bond donors (Lipinski definition) is 1. The summed E-state index contributed by atoms with van der Waals surface area (Å²) in [6.45, 7) is 1.99. The van der Waals surface area contributed by atoms with Gasteiger partial charge in [-0.15, -0.1) is 5.10 Å². The average Bonchev–Trinajstić information content (AvgIpc) is 3.17. The number of ether oxygens (including phenoxy) is 1. The molecule has 29 heavy (non-hydrogen) atoms. The Balaban J connectivity index is 1.41. The van der Waals surface area contributed by atoms with Crippen molar-refractivity contribution < 1.29 is 18.3 Å². The summed E-state index contributed by atoms with van der Waals surface area (Å²) in [6, 6.07) is 19.9. The van der Waals surface area contributed by atoms with Crippen LogP contribution in [0.3, 0.4) is 0 Å². The maximum atomic E-state index is 13.0. The largest absolute Gasteiger partial charge is 0.457 e. The predicted octanol–water partition coefficient (Wildman–Crippen LogP) is 5.23. The number of nitrogens with one attached hydrogen (secondary N) is 1. The van der Waals surface area contributed by atoms with Crippen molar-refractivity contribution in [3.8, 4) is 23.0 Å². The van der Waals surface area contributed by atoms with Gasteiger partial charge in [0.2, 0.25) is 5.89 Å². The Kier molecular flexibility index (Phi) is 5.03. The van der Waals surface area contributed by atoms with E-state index in [0.29, 0.717) is 16.9 Å². The maximum Gasteiger partial charge on any atom is 0.322 e. The Morgan fingerprint density at radius 2 is 1.72 bits per heavy atom. The number of hydrogen-bond acceptors (Lipinski definition) is 5. The fourth-order valence-corrected chi connectivity index (χ4v) is 2.64. The van der Waals surface area contributed by atoms with Gasteiger partial charge >= 0.3 is 6.01 Å². The fourth-order valence-electron chi connectivity index (χ4n) is 2.64. The highest BCUT2D eigenvalue weighted by molar-refractivity contribution is 6.03. The molecule has 0 fully saturated rings. The van der Waals surface area contributed by atoms with Crippen molar-refractivity contribution in [3.05, 3.63) is 89.7 Å². The van der Waals surface area contributed by atoms with Crippen molar-refractivity contribution in [3.63, 3.8) is 0 Å². The Morgan fingerprint density at radius 1 is 0.966 bits per heavy atom. The third-order valence-electron chi connectivity index (χ3n) is 4.08. The lowest BCUT2D eigenvalue weighted by Gasteiger charge is -2.07. The van der Waals surface area contributed by atoms with Crippen LogP contribution < -0.4 is 10.1 Å². The van der Waals surface area contributed by atoms with Crippen LogP contribution in [0.4, 0.5) is 10.4 Å². The SMILES string of the molecule is Cc1cccc(Oc2ccc(C(=O)Nc3nnc(-c4ccc(F)cc4)o3)cc2)c1. The molecular formula is C22H16FN3O3. The van der Waals surface area contributed by atoms with Crippen molar-refractivity contribution in [2.75, 3.05) is 5.32 Å². The second-order valence-electron chi connectivity index (χ2n) is 6.32. The van der Waals surface area contributed by atoms with E-state index in [-0.39, 0.29) is 17.7 Å². The molecule has 3 aromatic carbocycles. The lowest BCUT2D eigenvalue weighted by molar-refractivity contribution is 0.102. The van der Waals surface area contributed by atoms with Crippen molar-refractivity contribution >= 4 is 11.9 Å². The predicted molar refractivity (Wildman–Crippen MR) is 105 cm³/mol. The molecule has 0 spiro atoms. The molecule has 0 aliphatic rings. The molecule has 0 saturated heterocycles. The second-order valence-corrected chi connectivity index (χ2v) is 6.32. The Labute approximate surface area is 166 Å². The number of nitrogens with zero attached hydrogens (tertiary/aromatic N) is 2. The molecule has 0 aliphatic heterocycles. The summed E-state index contributed by atoms with van der Waals surface area (Å²) in [7, 11) is 0. The quantitative estimate of drug-likeness (QED) is 0.506. The number of halogens is 1. The zero-order valence-corrected chi connectivity index (χ0v) is 15.4. The molecule has 144 valence electrons. The molecule has 0 bridgehead atoms. The minimum Gasteiger partial charge on any atom is -0.457 e. The lowest BCUT2D eigenvalue weighted by atomic mass is 10.2. The van der Waals surface area contributed by atoms with E-state index in [1.54, 1.807) is 24.3 Å². The molecule has 4 rings (SSSR count). The van der Waals surface area contributed by atoms with E-state index < -0.39 is 5.91 Å². The fraction of sp³-hybridized carbons (Fsp3) is 0.0455. The first-order valence-corrected chi connectivity index (χ1v) is 8.82. The third kappa shape index (κ3) is 4.47. The van der Waals surface area contributed by atoms with Crippen molar-refractivity contribution in [2.24, 2.45) is 0 Å². The number of aromatic nitrogens is 2. The molecule has 0 unspecified atom stereocenters. The molecule has 0 atom stereocenters. The van der Waals surface area contributed by atoms with Crippen LogP contribution in [0.5, 0.6) is 11.5 Å². The smallest absolute Gasteiger partial charge is 0.322 e. The van der Waals surface area contributed by atoms with Crippen molar-refractivity contribution in [1.29, 1.82) is 0 Å². The summed E-state index contributed by atoms with van der Waals surface area (Å²) >= 11 is 0. The average molecular weight is 389 g/mol. The van der Waals surface area contributed by atoms with Gasteiger partial charge in [-0.3, -0.25) is 10.1 Å². The zero-order chi connectivity index (χ0) is 20.2. The lowest BCUT2D eigenvalue weighted by Crippen LogP contribution is -2.11. The molecule has 0 radical (unpaired) electrons. The molecule has 0 saturated carbocycles. The first kappa shape index (κ1) is 18.4. The number of rotatable bonds is 5. The number of amides is 1. The molecule has 1 N–H and O–H groups in total. The van der Waals surface area contributed by atoms with Gasteiger partial charge in [-0.2, -0.15) is 0 Å². The molecular weight excluding hydrogens is 373 g/mol. The highest BCUT2D eigenvalue weighted by atomic mass is 19.1. The van der Waals surface area contributed by atoms with Crippen LogP contribution in [0.15, 0.2) is 77.2 Å². The minimum atomic E-state index is -0.401. The molecule has 1 aromatic heterocycles. The van der Waals surface area contributed by atoms with Gasteiger partial charge in [0.25, 0.3) is 5.91 Å². The number of benzene rings is 3. The van der Waals surface area contributed by atoms with Gasteiger partial charge in [0.1, 0.15) is 17.3 Å². The minimum absolute atomic E-state index is 0.0468. The van der Waals surface area contributed by atoms with Crippen LogP contribution >= 0.6 is 0 Å². The molecule has 1 heterocycles. The topological polar surface area (TPSA) is 77.2 Å². The van der Waals surface area contributed by atoms with E-state index in [4.69, 9.17) is 9.15 Å². The third-order valence-corrected chi connectivity index (χ3v) is 4.08.